The van der Waals surface area contributed by atoms with E-state index in [1.54, 1.807) is 24.3 Å². The Balaban J connectivity index is 1.34. The van der Waals surface area contributed by atoms with Crippen molar-refractivity contribution in [1.29, 1.82) is 0 Å². The van der Waals surface area contributed by atoms with Gasteiger partial charge in [-0.25, -0.2) is 9.69 Å². The minimum absolute atomic E-state index is 0.334. The molecule has 2 aliphatic rings. The molecule has 0 radical (unpaired) electrons. The lowest BCUT2D eigenvalue weighted by Gasteiger charge is -2.37. The molecule has 0 aliphatic carbocycles. The number of imidazole rings is 1. The summed E-state index contributed by atoms with van der Waals surface area (Å²) in [5, 5.41) is 1.64. The van der Waals surface area contributed by atoms with Crippen LogP contribution in [-0.4, -0.2) is 84.9 Å². The summed E-state index contributed by atoms with van der Waals surface area (Å²) < 4.78 is 0. The maximum atomic E-state index is 13.6. The van der Waals surface area contributed by atoms with Gasteiger partial charge < -0.3 is 19.8 Å². The molecule has 0 unspecified atom stereocenters. The molecule has 9 nitrogen and oxygen atoms in total. The predicted molar refractivity (Wildman–Crippen MR) is 141 cm³/mol. The molecule has 0 saturated carbocycles. The van der Waals surface area contributed by atoms with E-state index in [1.165, 1.54) is 4.90 Å². The average Bonchev–Trinajstić information content (AvgIpc) is 3.25. The van der Waals surface area contributed by atoms with Gasteiger partial charge >= 0.3 is 5.69 Å². The van der Waals surface area contributed by atoms with E-state index in [1.807, 2.05) is 24.3 Å². The predicted octanol–water partition coefficient (Wildman–Crippen LogP) is 2.49. The highest BCUT2D eigenvalue weighted by atomic mass is 16.2. The van der Waals surface area contributed by atoms with E-state index in [2.05, 4.69) is 38.8 Å². The number of nitrogens with zero attached hydrogens (tertiary/aromatic N) is 4. The Morgan fingerprint density at radius 3 is 2.31 bits per heavy atom. The Bertz CT molecular complexity index is 1540. The van der Waals surface area contributed by atoms with Crippen LogP contribution < -0.4 is 15.5 Å². The summed E-state index contributed by atoms with van der Waals surface area (Å²) in [4.78, 5) is 52.5. The topological polar surface area (TPSA) is 95.8 Å². The SMILES string of the molecule is CN(C)CCN1CCN(c2ccc3c4c(cccc24)C(=O)N(c2ccc4[nH]c(=O)[nH]c4c2)C3=O)CC1. The Kier molecular flexibility index (Phi) is 5.39. The molecule has 0 bridgehead atoms. The lowest BCUT2D eigenvalue weighted by Crippen LogP contribution is -2.48. The number of imide groups is 1. The summed E-state index contributed by atoms with van der Waals surface area (Å²) in [7, 11) is 4.18. The van der Waals surface area contributed by atoms with E-state index in [4.69, 9.17) is 0 Å². The third-order valence-electron chi connectivity index (χ3n) is 7.22. The molecule has 2 amide bonds. The van der Waals surface area contributed by atoms with Gasteiger partial charge in [-0.3, -0.25) is 14.5 Å². The number of carbonyl (C=O) groups excluding carboxylic acids is 2. The van der Waals surface area contributed by atoms with Gasteiger partial charge in [-0.05, 0) is 50.5 Å². The van der Waals surface area contributed by atoms with Crippen molar-refractivity contribution in [2.75, 3.05) is 63.2 Å². The second-order valence-electron chi connectivity index (χ2n) is 9.75. The number of carbonyl (C=O) groups is 2. The van der Waals surface area contributed by atoms with Crippen LogP contribution in [0.1, 0.15) is 20.7 Å². The van der Waals surface area contributed by atoms with E-state index in [-0.39, 0.29) is 17.5 Å². The van der Waals surface area contributed by atoms with Crippen LogP contribution in [-0.2, 0) is 0 Å². The highest BCUT2D eigenvalue weighted by molar-refractivity contribution is 6.36. The van der Waals surface area contributed by atoms with Crippen LogP contribution in [0.2, 0.25) is 0 Å². The second-order valence-corrected chi connectivity index (χ2v) is 9.75. The lowest BCUT2D eigenvalue weighted by molar-refractivity contribution is 0.0893. The molecule has 3 aromatic carbocycles. The maximum Gasteiger partial charge on any atom is 0.323 e. The molecule has 36 heavy (non-hydrogen) atoms. The Hall–Kier alpha value is -3.95. The number of fused-ring (bicyclic) bond motifs is 1. The number of hydrogen-bond donors (Lipinski definition) is 2. The second kappa shape index (κ2) is 8.61. The molecule has 1 saturated heterocycles. The summed E-state index contributed by atoms with van der Waals surface area (Å²) in [5.74, 6) is -0.720. The number of H-pyrrole nitrogens is 2. The largest absolute Gasteiger partial charge is 0.368 e. The van der Waals surface area contributed by atoms with Gasteiger partial charge in [-0.15, -0.1) is 0 Å². The molecule has 184 valence electrons. The third kappa shape index (κ3) is 3.68. The quantitative estimate of drug-likeness (QED) is 0.423. The van der Waals surface area contributed by atoms with Gasteiger partial charge in [0.15, 0.2) is 0 Å². The van der Waals surface area contributed by atoms with Crippen molar-refractivity contribution >= 4 is 45.0 Å². The van der Waals surface area contributed by atoms with Crippen molar-refractivity contribution in [2.45, 2.75) is 0 Å². The van der Waals surface area contributed by atoms with Gasteiger partial charge in [0.2, 0.25) is 0 Å². The molecule has 2 N–H and O–H groups in total. The Morgan fingerprint density at radius 2 is 1.56 bits per heavy atom. The number of piperazine rings is 1. The third-order valence-corrected chi connectivity index (χ3v) is 7.22. The monoisotopic (exact) mass is 484 g/mol. The first-order valence-corrected chi connectivity index (χ1v) is 12.2. The molecule has 0 spiro atoms. The molecule has 3 heterocycles. The highest BCUT2D eigenvalue weighted by Gasteiger charge is 2.35. The van der Waals surface area contributed by atoms with Gasteiger partial charge in [-0.2, -0.15) is 0 Å². The van der Waals surface area contributed by atoms with Crippen LogP contribution in [0.25, 0.3) is 21.8 Å². The lowest BCUT2D eigenvalue weighted by atomic mass is 9.92. The highest BCUT2D eigenvalue weighted by Crippen LogP contribution is 2.38. The summed E-state index contributed by atoms with van der Waals surface area (Å²) in [6.07, 6.45) is 0. The van der Waals surface area contributed by atoms with Crippen molar-refractivity contribution in [3.05, 3.63) is 70.1 Å². The zero-order chi connectivity index (χ0) is 25.0. The van der Waals surface area contributed by atoms with Gasteiger partial charge in [0, 0.05) is 66.9 Å². The normalized spacial score (nSPS) is 16.6. The van der Waals surface area contributed by atoms with Crippen LogP contribution in [0, 0.1) is 0 Å². The molecular formula is C27H28N6O3. The van der Waals surface area contributed by atoms with E-state index in [0.717, 1.165) is 50.3 Å². The van der Waals surface area contributed by atoms with Crippen molar-refractivity contribution < 1.29 is 9.59 Å². The summed E-state index contributed by atoms with van der Waals surface area (Å²) in [6.45, 7) is 5.84. The van der Waals surface area contributed by atoms with Crippen molar-refractivity contribution in [1.82, 2.24) is 19.8 Å². The average molecular weight is 485 g/mol. The first-order valence-electron chi connectivity index (χ1n) is 12.2. The first kappa shape index (κ1) is 22.5. The van der Waals surface area contributed by atoms with Crippen molar-refractivity contribution in [3.8, 4) is 0 Å². The number of benzene rings is 3. The number of nitrogens with one attached hydrogen (secondary N) is 2. The summed E-state index contributed by atoms with van der Waals surface area (Å²) >= 11 is 0. The van der Waals surface area contributed by atoms with Gasteiger partial charge in [0.25, 0.3) is 11.8 Å². The number of aromatic amines is 2. The zero-order valence-electron chi connectivity index (χ0n) is 20.4. The fraction of sp³-hybridized carbons (Fsp3) is 0.296. The number of aromatic nitrogens is 2. The van der Waals surface area contributed by atoms with Crippen molar-refractivity contribution in [2.24, 2.45) is 0 Å². The van der Waals surface area contributed by atoms with E-state index in [9.17, 15) is 14.4 Å². The fourth-order valence-corrected chi connectivity index (χ4v) is 5.30. The van der Waals surface area contributed by atoms with Gasteiger partial charge in [0.1, 0.15) is 0 Å². The number of anilines is 2. The van der Waals surface area contributed by atoms with Crippen LogP contribution in [0.15, 0.2) is 53.3 Å². The molecule has 1 fully saturated rings. The first-order chi connectivity index (χ1) is 17.4. The molecule has 2 aliphatic heterocycles. The van der Waals surface area contributed by atoms with E-state index >= 15 is 0 Å². The Morgan fingerprint density at radius 1 is 0.833 bits per heavy atom. The number of amides is 2. The van der Waals surface area contributed by atoms with Gasteiger partial charge in [-0.1, -0.05) is 12.1 Å². The molecular weight excluding hydrogens is 456 g/mol. The zero-order valence-corrected chi connectivity index (χ0v) is 20.4. The van der Waals surface area contributed by atoms with Crippen molar-refractivity contribution in [3.63, 3.8) is 0 Å². The standard InChI is InChI=1S/C27H28N6O3/c1-30(2)10-11-31-12-14-32(15-13-31)23-9-7-20-24-18(23)4-3-5-19(24)25(34)33(26(20)35)17-6-8-21-22(16-17)29-27(36)28-21/h3-9,16H,10-15H2,1-2H3,(H2,28,29,36). The smallest absolute Gasteiger partial charge is 0.323 e. The Labute approximate surface area is 207 Å². The number of likely N-dealkylation sites (N-methyl/N-ethyl adjacent to an activating group) is 1. The maximum absolute atomic E-state index is 13.6. The van der Waals surface area contributed by atoms with E-state index in [0.29, 0.717) is 33.2 Å². The van der Waals surface area contributed by atoms with Gasteiger partial charge in [0.05, 0.1) is 16.7 Å². The summed E-state index contributed by atoms with van der Waals surface area (Å²) in [6, 6.07) is 14.6. The molecule has 6 rings (SSSR count). The molecule has 0 atom stereocenters. The molecule has 9 heteroatoms. The van der Waals surface area contributed by atoms with Crippen LogP contribution >= 0.6 is 0 Å². The van der Waals surface area contributed by atoms with Crippen LogP contribution in [0.3, 0.4) is 0 Å². The fourth-order valence-electron chi connectivity index (χ4n) is 5.30. The number of rotatable bonds is 5. The molecule has 4 aromatic rings. The number of hydrogen-bond acceptors (Lipinski definition) is 6. The minimum atomic E-state index is -0.360. The van der Waals surface area contributed by atoms with E-state index < -0.39 is 0 Å². The summed E-state index contributed by atoms with van der Waals surface area (Å²) in [5.41, 5.74) is 3.33. The van der Waals surface area contributed by atoms with Crippen LogP contribution in [0.5, 0.6) is 0 Å². The molecule has 1 aromatic heterocycles. The van der Waals surface area contributed by atoms with Crippen LogP contribution in [0.4, 0.5) is 11.4 Å². The minimum Gasteiger partial charge on any atom is -0.368 e.